The summed E-state index contributed by atoms with van der Waals surface area (Å²) in [7, 11) is 0. The number of esters is 1. The number of aryl methyl sites for hydroxylation is 3. The van der Waals surface area contributed by atoms with Gasteiger partial charge in [-0.25, -0.2) is 9.78 Å². The Morgan fingerprint density at radius 3 is 2.44 bits per heavy atom. The van der Waals surface area contributed by atoms with Gasteiger partial charge in [0.05, 0.1) is 22.3 Å². The highest BCUT2D eigenvalue weighted by molar-refractivity contribution is 6.05. The second-order valence-electron chi connectivity index (χ2n) is 7.58. The monoisotopic (exact) mass is 370 g/mol. The topological polar surface area (TPSA) is 95.4 Å². The van der Waals surface area contributed by atoms with Crippen molar-refractivity contribution in [1.29, 1.82) is 0 Å². The molecule has 142 valence electrons. The number of Topliss-reactive ketones (excluding diaryl/α,β-unsaturated/α-hetero) is 1. The number of ketones is 1. The molecule has 0 radical (unpaired) electrons. The van der Waals surface area contributed by atoms with Crippen molar-refractivity contribution in [3.05, 3.63) is 34.9 Å². The van der Waals surface area contributed by atoms with Crippen LogP contribution in [0.15, 0.2) is 21.1 Å². The molecule has 0 atom stereocenters. The first-order valence-corrected chi connectivity index (χ1v) is 8.63. The minimum Gasteiger partial charge on any atom is -0.466 e. The first-order chi connectivity index (χ1) is 12.6. The van der Waals surface area contributed by atoms with Crippen molar-refractivity contribution >= 4 is 22.9 Å². The van der Waals surface area contributed by atoms with E-state index in [2.05, 4.69) is 10.1 Å². The summed E-state index contributed by atoms with van der Waals surface area (Å²) in [6, 6.07) is 3.46. The Morgan fingerprint density at radius 2 is 1.85 bits per heavy atom. The van der Waals surface area contributed by atoms with Crippen molar-refractivity contribution in [2.24, 2.45) is 5.41 Å². The maximum Gasteiger partial charge on any atom is 0.339 e. The second kappa shape index (κ2) is 6.64. The number of aromatic nitrogens is 2. The summed E-state index contributed by atoms with van der Waals surface area (Å²) >= 11 is 0. The van der Waals surface area contributed by atoms with Crippen LogP contribution >= 0.6 is 0 Å². The molecule has 0 fully saturated rings. The highest BCUT2D eigenvalue weighted by Gasteiger charge is 2.25. The third-order valence-electron chi connectivity index (χ3n) is 4.32. The summed E-state index contributed by atoms with van der Waals surface area (Å²) in [5, 5.41) is 4.38. The molecule has 0 unspecified atom stereocenters. The number of carbonyl (C=O) groups excluding carboxylic acids is 2. The molecular formula is C20H22N2O5. The number of hydrogen-bond acceptors (Lipinski definition) is 7. The summed E-state index contributed by atoms with van der Waals surface area (Å²) in [6.45, 7) is 10.4. The Balaban J connectivity index is 2.03. The lowest BCUT2D eigenvalue weighted by atomic mass is 9.91. The zero-order valence-electron chi connectivity index (χ0n) is 16.3. The third kappa shape index (κ3) is 3.63. The van der Waals surface area contributed by atoms with Crippen LogP contribution in [0, 0.1) is 26.2 Å². The van der Waals surface area contributed by atoms with Crippen molar-refractivity contribution in [3.63, 3.8) is 0 Å². The van der Waals surface area contributed by atoms with Crippen molar-refractivity contribution in [1.82, 2.24) is 10.1 Å². The quantitative estimate of drug-likeness (QED) is 0.636. The van der Waals surface area contributed by atoms with Crippen LogP contribution in [-0.2, 0) is 9.53 Å². The maximum atomic E-state index is 12.7. The molecule has 0 aliphatic carbocycles. The Bertz CT molecular complexity index is 1040. The SMILES string of the molecule is Cc1cc(-c2cc(C(=O)OCC(=O)C(C)(C)C)c3c(C)noc3n2)c(C)o1. The molecule has 7 heteroatoms. The Labute approximate surface area is 156 Å². The summed E-state index contributed by atoms with van der Waals surface area (Å²) in [6.07, 6.45) is 0. The van der Waals surface area contributed by atoms with Crippen molar-refractivity contribution < 1.29 is 23.3 Å². The summed E-state index contributed by atoms with van der Waals surface area (Å²) in [5.74, 6) is 0.631. The standard InChI is InChI=1S/C20H22N2O5/c1-10-7-13(12(3)26-10)15-8-14(17-11(2)22-27-18(17)21-15)19(24)25-9-16(23)20(4,5)6/h7-8H,9H2,1-6H3. The second-order valence-corrected chi connectivity index (χ2v) is 7.58. The molecule has 7 nitrogen and oxygen atoms in total. The Hall–Kier alpha value is -2.96. The van der Waals surface area contributed by atoms with Crippen LogP contribution < -0.4 is 0 Å². The lowest BCUT2D eigenvalue weighted by Crippen LogP contribution is -2.26. The molecule has 27 heavy (non-hydrogen) atoms. The zero-order chi connectivity index (χ0) is 19.9. The van der Waals surface area contributed by atoms with E-state index in [9.17, 15) is 9.59 Å². The number of fused-ring (bicyclic) bond motifs is 1. The van der Waals surface area contributed by atoms with Gasteiger partial charge < -0.3 is 13.7 Å². The Kier molecular flexibility index (Phi) is 4.63. The van der Waals surface area contributed by atoms with Crippen molar-refractivity contribution in [3.8, 4) is 11.3 Å². The maximum absolute atomic E-state index is 12.7. The fraction of sp³-hybridized carbons (Fsp3) is 0.400. The molecule has 3 heterocycles. The van der Waals surface area contributed by atoms with E-state index in [1.807, 2.05) is 19.9 Å². The van der Waals surface area contributed by atoms with Gasteiger partial charge in [-0.1, -0.05) is 25.9 Å². The number of carbonyl (C=O) groups is 2. The van der Waals surface area contributed by atoms with E-state index in [0.29, 0.717) is 22.5 Å². The summed E-state index contributed by atoms with van der Waals surface area (Å²) in [5.41, 5.74) is 1.70. The van der Waals surface area contributed by atoms with E-state index in [1.165, 1.54) is 0 Å². The molecule has 0 aliphatic heterocycles. The van der Waals surface area contributed by atoms with E-state index in [4.69, 9.17) is 13.7 Å². The van der Waals surface area contributed by atoms with E-state index in [0.717, 1.165) is 11.3 Å². The van der Waals surface area contributed by atoms with E-state index in [-0.39, 0.29) is 23.7 Å². The van der Waals surface area contributed by atoms with Gasteiger partial charge in [-0.2, -0.15) is 0 Å². The average Bonchev–Trinajstić information content (AvgIpc) is 3.12. The molecule has 3 rings (SSSR count). The van der Waals surface area contributed by atoms with Crippen molar-refractivity contribution in [2.75, 3.05) is 6.61 Å². The van der Waals surface area contributed by atoms with Crippen LogP contribution in [0.1, 0.15) is 48.3 Å². The minimum absolute atomic E-state index is 0.162. The largest absolute Gasteiger partial charge is 0.466 e. The summed E-state index contributed by atoms with van der Waals surface area (Å²) in [4.78, 5) is 29.3. The van der Waals surface area contributed by atoms with Gasteiger partial charge in [-0.3, -0.25) is 4.79 Å². The Morgan fingerprint density at radius 1 is 1.15 bits per heavy atom. The first kappa shape index (κ1) is 18.8. The minimum atomic E-state index is -0.620. The van der Waals surface area contributed by atoms with E-state index in [1.54, 1.807) is 33.8 Å². The average molecular weight is 370 g/mol. The predicted molar refractivity (Wildman–Crippen MR) is 98.5 cm³/mol. The molecule has 0 amide bonds. The van der Waals surface area contributed by atoms with Gasteiger partial charge in [0.2, 0.25) is 0 Å². The van der Waals surface area contributed by atoms with Gasteiger partial charge in [-0.15, -0.1) is 0 Å². The van der Waals surface area contributed by atoms with Gasteiger partial charge in [-0.05, 0) is 32.9 Å². The molecular weight excluding hydrogens is 348 g/mol. The van der Waals surface area contributed by atoms with Crippen LogP contribution in [0.3, 0.4) is 0 Å². The number of furan rings is 1. The molecule has 0 spiro atoms. The smallest absolute Gasteiger partial charge is 0.339 e. The molecule has 0 bridgehead atoms. The lowest BCUT2D eigenvalue weighted by molar-refractivity contribution is -0.129. The molecule has 0 N–H and O–H groups in total. The normalized spacial score (nSPS) is 11.8. The fourth-order valence-electron chi connectivity index (χ4n) is 2.70. The molecule has 0 saturated carbocycles. The summed E-state index contributed by atoms with van der Waals surface area (Å²) < 4.78 is 16.1. The van der Waals surface area contributed by atoms with Gasteiger partial charge >= 0.3 is 5.97 Å². The van der Waals surface area contributed by atoms with Crippen LogP contribution in [0.2, 0.25) is 0 Å². The number of nitrogens with zero attached hydrogens (tertiary/aromatic N) is 2. The van der Waals surface area contributed by atoms with Crippen LogP contribution in [0.5, 0.6) is 0 Å². The lowest BCUT2D eigenvalue weighted by Gasteiger charge is -2.16. The van der Waals surface area contributed by atoms with Crippen LogP contribution in [-0.4, -0.2) is 28.5 Å². The number of hydrogen-bond donors (Lipinski definition) is 0. The fourth-order valence-corrected chi connectivity index (χ4v) is 2.70. The predicted octanol–water partition coefficient (Wildman–Crippen LogP) is 4.18. The van der Waals surface area contributed by atoms with Gasteiger partial charge in [0.1, 0.15) is 11.5 Å². The molecule has 3 aromatic heterocycles. The van der Waals surface area contributed by atoms with E-state index < -0.39 is 11.4 Å². The molecule has 0 saturated heterocycles. The van der Waals surface area contributed by atoms with Crippen LogP contribution in [0.4, 0.5) is 0 Å². The molecule has 0 aliphatic rings. The van der Waals surface area contributed by atoms with E-state index >= 15 is 0 Å². The highest BCUT2D eigenvalue weighted by Crippen LogP contribution is 2.30. The highest BCUT2D eigenvalue weighted by atomic mass is 16.5. The van der Waals surface area contributed by atoms with Gasteiger partial charge in [0.25, 0.3) is 5.71 Å². The first-order valence-electron chi connectivity index (χ1n) is 8.63. The number of pyridine rings is 1. The van der Waals surface area contributed by atoms with Crippen molar-refractivity contribution in [2.45, 2.75) is 41.5 Å². The zero-order valence-corrected chi connectivity index (χ0v) is 16.3. The number of ether oxygens (including phenoxy) is 1. The van der Waals surface area contributed by atoms with Crippen LogP contribution in [0.25, 0.3) is 22.4 Å². The number of rotatable bonds is 4. The molecule has 3 aromatic rings. The van der Waals surface area contributed by atoms with Gasteiger partial charge in [0.15, 0.2) is 12.4 Å². The molecule has 0 aromatic carbocycles. The van der Waals surface area contributed by atoms with Gasteiger partial charge in [0, 0.05) is 11.0 Å². The third-order valence-corrected chi connectivity index (χ3v) is 4.32.